The van der Waals surface area contributed by atoms with Gasteiger partial charge in [-0.3, -0.25) is 9.38 Å². The van der Waals surface area contributed by atoms with E-state index in [1.54, 1.807) is 23.1 Å². The predicted molar refractivity (Wildman–Crippen MR) is 96.1 cm³/mol. The number of nitrogens with two attached hydrogens (primary N) is 1. The zero-order valence-electron chi connectivity index (χ0n) is 13.7. The van der Waals surface area contributed by atoms with Crippen LogP contribution in [0.25, 0.3) is 5.65 Å². The molecule has 4 aromatic rings. The lowest BCUT2D eigenvalue weighted by atomic mass is 9.98. The molecule has 0 aliphatic heterocycles. The Morgan fingerprint density at radius 3 is 2.52 bits per heavy atom. The Morgan fingerprint density at radius 1 is 1.04 bits per heavy atom. The van der Waals surface area contributed by atoms with E-state index in [2.05, 4.69) is 56.7 Å². The molecule has 3 aromatic heterocycles. The van der Waals surface area contributed by atoms with Gasteiger partial charge >= 0.3 is 0 Å². The number of hydrogen-bond donors (Lipinski definition) is 2. The summed E-state index contributed by atoms with van der Waals surface area (Å²) in [5.74, 6) is 0.975. The van der Waals surface area contributed by atoms with Crippen LogP contribution in [0.4, 0.5) is 11.8 Å². The fraction of sp³-hybridized carbons (Fsp3) is 0.111. The van der Waals surface area contributed by atoms with Crippen molar-refractivity contribution in [3.63, 3.8) is 0 Å². The summed E-state index contributed by atoms with van der Waals surface area (Å²) in [6, 6.07) is 14.1. The first kappa shape index (κ1) is 15.1. The minimum absolute atomic E-state index is 0.0825. The fourth-order valence-electron chi connectivity index (χ4n) is 2.75. The molecular weight excluding hydrogens is 314 g/mol. The van der Waals surface area contributed by atoms with E-state index in [9.17, 15) is 0 Å². The molecule has 7 nitrogen and oxygen atoms in total. The Morgan fingerprint density at radius 2 is 1.76 bits per heavy atom. The molecule has 0 aliphatic rings. The van der Waals surface area contributed by atoms with E-state index < -0.39 is 0 Å². The Hall–Kier alpha value is -3.48. The average Bonchev–Trinajstić information content (AvgIpc) is 3.11. The Bertz CT molecular complexity index is 993. The lowest BCUT2D eigenvalue weighted by Crippen LogP contribution is -2.14. The Labute approximate surface area is 144 Å². The van der Waals surface area contributed by atoms with E-state index in [1.807, 2.05) is 18.2 Å². The highest BCUT2D eigenvalue weighted by atomic mass is 15.3. The molecule has 3 heterocycles. The minimum atomic E-state index is -0.0825. The molecule has 124 valence electrons. The summed E-state index contributed by atoms with van der Waals surface area (Å²) in [7, 11) is 0. The maximum absolute atomic E-state index is 6.00. The van der Waals surface area contributed by atoms with Gasteiger partial charge in [-0.2, -0.15) is 4.98 Å². The number of nitrogen functional groups attached to an aromatic ring is 1. The van der Waals surface area contributed by atoms with Crippen molar-refractivity contribution in [2.45, 2.75) is 13.0 Å². The number of fused-ring (bicyclic) bond motifs is 1. The molecule has 0 aliphatic carbocycles. The van der Waals surface area contributed by atoms with Gasteiger partial charge in [-0.05, 0) is 30.2 Å². The van der Waals surface area contributed by atoms with E-state index in [-0.39, 0.29) is 6.04 Å². The smallest absolute Gasteiger partial charge is 0.209 e. The quantitative estimate of drug-likeness (QED) is 0.597. The van der Waals surface area contributed by atoms with Crippen molar-refractivity contribution in [2.24, 2.45) is 0 Å². The number of anilines is 2. The molecule has 3 N–H and O–H groups in total. The molecule has 0 spiro atoms. The van der Waals surface area contributed by atoms with Crippen molar-refractivity contribution in [3.8, 4) is 0 Å². The largest absolute Gasteiger partial charge is 0.369 e. The zero-order chi connectivity index (χ0) is 17.2. The van der Waals surface area contributed by atoms with Crippen LogP contribution in [0.3, 0.4) is 0 Å². The van der Waals surface area contributed by atoms with E-state index >= 15 is 0 Å². The number of aromatic nitrogens is 5. The molecule has 0 bridgehead atoms. The molecule has 4 rings (SSSR count). The second-order valence-corrected chi connectivity index (χ2v) is 5.83. The number of nitrogens with one attached hydrogen (secondary N) is 1. The molecule has 1 atom stereocenters. The number of aryl methyl sites for hydroxylation is 1. The summed E-state index contributed by atoms with van der Waals surface area (Å²) < 4.78 is 1.64. The van der Waals surface area contributed by atoms with E-state index in [0.717, 1.165) is 11.1 Å². The van der Waals surface area contributed by atoms with Gasteiger partial charge in [0.1, 0.15) is 12.1 Å². The van der Waals surface area contributed by atoms with E-state index in [0.29, 0.717) is 17.4 Å². The number of nitrogens with zero attached hydrogens (tertiary/aromatic N) is 5. The SMILES string of the molecule is Cc1ccc(C(Nc2cc3nncn3c(N)n2)c2ccncc2)cc1. The zero-order valence-corrected chi connectivity index (χ0v) is 13.7. The second-order valence-electron chi connectivity index (χ2n) is 5.83. The highest BCUT2D eigenvalue weighted by Crippen LogP contribution is 2.26. The van der Waals surface area contributed by atoms with Gasteiger partial charge in [-0.15, -0.1) is 10.2 Å². The molecule has 1 aromatic carbocycles. The summed E-state index contributed by atoms with van der Waals surface area (Å²) in [6.45, 7) is 2.07. The second kappa shape index (κ2) is 6.20. The summed E-state index contributed by atoms with van der Waals surface area (Å²) in [4.78, 5) is 8.52. The van der Waals surface area contributed by atoms with E-state index in [1.165, 1.54) is 5.56 Å². The van der Waals surface area contributed by atoms with Crippen LogP contribution in [-0.4, -0.2) is 24.6 Å². The summed E-state index contributed by atoms with van der Waals surface area (Å²) in [5.41, 5.74) is 10.1. The average molecular weight is 331 g/mol. The summed E-state index contributed by atoms with van der Waals surface area (Å²) >= 11 is 0. The Kier molecular flexibility index (Phi) is 3.74. The monoisotopic (exact) mass is 331 g/mol. The summed E-state index contributed by atoms with van der Waals surface area (Å²) in [5, 5.41) is 11.4. The van der Waals surface area contributed by atoms with Crippen LogP contribution >= 0.6 is 0 Å². The van der Waals surface area contributed by atoms with Crippen molar-refractivity contribution in [3.05, 3.63) is 77.9 Å². The molecular formula is C18H17N7. The molecule has 0 fully saturated rings. The Balaban J connectivity index is 1.76. The normalized spacial score (nSPS) is 12.2. The van der Waals surface area contributed by atoms with Crippen LogP contribution in [0.2, 0.25) is 0 Å². The van der Waals surface area contributed by atoms with Crippen LogP contribution in [0.1, 0.15) is 22.7 Å². The van der Waals surface area contributed by atoms with Crippen molar-refractivity contribution < 1.29 is 0 Å². The standard InChI is InChI=1S/C18H17N7/c1-12-2-4-13(5-3-12)17(14-6-8-20-9-7-14)22-15-10-16-24-21-11-25(16)18(19)23-15/h2-11,17,22H,1H3,(H2,19,23). The van der Waals surface area contributed by atoms with Gasteiger partial charge in [-0.1, -0.05) is 29.8 Å². The van der Waals surface area contributed by atoms with Crippen molar-refractivity contribution in [1.29, 1.82) is 0 Å². The third-order valence-corrected chi connectivity index (χ3v) is 4.06. The van der Waals surface area contributed by atoms with E-state index in [4.69, 9.17) is 5.73 Å². The van der Waals surface area contributed by atoms with Gasteiger partial charge in [0.2, 0.25) is 5.95 Å². The van der Waals surface area contributed by atoms with Gasteiger partial charge in [-0.25, -0.2) is 0 Å². The number of hydrogen-bond acceptors (Lipinski definition) is 6. The highest BCUT2D eigenvalue weighted by Gasteiger charge is 2.16. The lowest BCUT2D eigenvalue weighted by molar-refractivity contribution is 0.917. The predicted octanol–water partition coefficient (Wildman–Crippen LogP) is 2.61. The van der Waals surface area contributed by atoms with Gasteiger partial charge < -0.3 is 11.1 Å². The van der Waals surface area contributed by atoms with Crippen LogP contribution in [0.15, 0.2) is 61.2 Å². The molecule has 0 saturated heterocycles. The number of pyridine rings is 1. The molecule has 7 heteroatoms. The maximum Gasteiger partial charge on any atom is 0.209 e. The van der Waals surface area contributed by atoms with Crippen molar-refractivity contribution in [2.75, 3.05) is 11.1 Å². The van der Waals surface area contributed by atoms with Gasteiger partial charge in [0.25, 0.3) is 0 Å². The fourth-order valence-corrected chi connectivity index (χ4v) is 2.75. The molecule has 1 unspecified atom stereocenters. The number of rotatable bonds is 4. The topological polar surface area (TPSA) is 94.0 Å². The van der Waals surface area contributed by atoms with Crippen LogP contribution in [0, 0.1) is 6.92 Å². The number of benzene rings is 1. The van der Waals surface area contributed by atoms with Crippen LogP contribution < -0.4 is 11.1 Å². The third-order valence-electron chi connectivity index (χ3n) is 4.06. The molecule has 0 radical (unpaired) electrons. The molecule has 25 heavy (non-hydrogen) atoms. The van der Waals surface area contributed by atoms with Gasteiger partial charge in [0.05, 0.1) is 6.04 Å². The minimum Gasteiger partial charge on any atom is -0.369 e. The van der Waals surface area contributed by atoms with Crippen molar-refractivity contribution in [1.82, 2.24) is 24.6 Å². The van der Waals surface area contributed by atoms with Gasteiger partial charge in [0.15, 0.2) is 5.65 Å². The third kappa shape index (κ3) is 2.99. The first-order valence-electron chi connectivity index (χ1n) is 7.90. The van der Waals surface area contributed by atoms with Crippen molar-refractivity contribution >= 4 is 17.4 Å². The maximum atomic E-state index is 6.00. The van der Waals surface area contributed by atoms with Crippen LogP contribution in [0.5, 0.6) is 0 Å². The molecule has 0 amide bonds. The lowest BCUT2D eigenvalue weighted by Gasteiger charge is -2.20. The first-order valence-corrected chi connectivity index (χ1v) is 7.90. The highest BCUT2D eigenvalue weighted by molar-refractivity contribution is 5.55. The first-order chi connectivity index (χ1) is 12.2. The van der Waals surface area contributed by atoms with Gasteiger partial charge in [0, 0.05) is 18.5 Å². The van der Waals surface area contributed by atoms with Crippen LogP contribution in [-0.2, 0) is 0 Å². The summed E-state index contributed by atoms with van der Waals surface area (Å²) in [6.07, 6.45) is 5.10. The molecule has 0 saturated carbocycles.